The second-order valence-electron chi connectivity index (χ2n) is 4.26. The van der Waals surface area contributed by atoms with Gasteiger partial charge in [-0.2, -0.15) is 0 Å². The first-order valence-electron chi connectivity index (χ1n) is 6.41. The number of esters is 1. The molecule has 5 heteroatoms. The van der Waals surface area contributed by atoms with Gasteiger partial charge in [0.2, 0.25) is 0 Å². The topological polar surface area (TPSA) is 81.8 Å². The molecule has 0 bridgehead atoms. The summed E-state index contributed by atoms with van der Waals surface area (Å²) in [7, 11) is 0. The van der Waals surface area contributed by atoms with Crippen molar-refractivity contribution in [3.8, 4) is 5.75 Å². The Hall–Kier alpha value is -1.59. The van der Waals surface area contributed by atoms with Gasteiger partial charge in [0.25, 0.3) is 0 Å². The van der Waals surface area contributed by atoms with Crippen LogP contribution in [0.15, 0.2) is 24.3 Å². The van der Waals surface area contributed by atoms with E-state index in [1.54, 1.807) is 24.3 Å². The molecular weight excluding hydrogens is 246 g/mol. The molecule has 0 unspecified atom stereocenters. The summed E-state index contributed by atoms with van der Waals surface area (Å²) in [5, 5.41) is 9.15. The molecule has 106 valence electrons. The Morgan fingerprint density at radius 1 is 1.26 bits per heavy atom. The van der Waals surface area contributed by atoms with E-state index in [9.17, 15) is 4.79 Å². The van der Waals surface area contributed by atoms with Crippen molar-refractivity contribution in [3.63, 3.8) is 0 Å². The van der Waals surface area contributed by atoms with E-state index in [0.29, 0.717) is 19.6 Å². The Labute approximate surface area is 113 Å². The first-order chi connectivity index (χ1) is 9.13. The molecule has 0 aromatic heterocycles. The number of phenolic OH excluding ortho intramolecular Hbond substituents is 1. The fraction of sp³-hybridized carbons (Fsp3) is 0.500. The number of aromatic hydroxyl groups is 1. The predicted molar refractivity (Wildman–Crippen MR) is 71.9 cm³/mol. The molecule has 0 radical (unpaired) electrons. The average Bonchev–Trinajstić information content (AvgIpc) is 2.41. The van der Waals surface area contributed by atoms with Gasteiger partial charge in [-0.05, 0) is 30.5 Å². The van der Waals surface area contributed by atoms with Crippen LogP contribution in [-0.2, 0) is 20.7 Å². The molecule has 0 aliphatic rings. The van der Waals surface area contributed by atoms with Crippen LogP contribution in [0.2, 0.25) is 0 Å². The zero-order valence-electron chi connectivity index (χ0n) is 11.2. The maximum Gasteiger partial charge on any atom is 0.323 e. The molecule has 0 saturated carbocycles. The summed E-state index contributed by atoms with van der Waals surface area (Å²) in [6, 6.07) is 5.88. The summed E-state index contributed by atoms with van der Waals surface area (Å²) in [6.07, 6.45) is 1.32. The monoisotopic (exact) mass is 267 g/mol. The molecule has 0 amide bonds. The van der Waals surface area contributed by atoms with Crippen LogP contribution in [0.25, 0.3) is 0 Å². The molecular formula is C14H21NO4. The molecule has 0 aliphatic carbocycles. The standard InChI is InChI=1S/C14H21NO4/c1-2-7-18-8-9-19-14(17)13(15)10-11-3-5-12(16)6-4-11/h3-6,13,16H,2,7-10,15H2,1H3/t13-/m1/s1. The number of rotatable bonds is 8. The van der Waals surface area contributed by atoms with Crippen LogP contribution in [0.3, 0.4) is 0 Å². The van der Waals surface area contributed by atoms with E-state index in [1.165, 1.54) is 0 Å². The van der Waals surface area contributed by atoms with Gasteiger partial charge >= 0.3 is 5.97 Å². The molecule has 0 aliphatic heterocycles. The van der Waals surface area contributed by atoms with Crippen LogP contribution < -0.4 is 5.73 Å². The SMILES string of the molecule is CCCOCCOC(=O)[C@H](N)Cc1ccc(O)cc1. The Balaban J connectivity index is 2.26. The van der Waals surface area contributed by atoms with Crippen LogP contribution in [0.5, 0.6) is 5.75 Å². The molecule has 0 spiro atoms. The van der Waals surface area contributed by atoms with Gasteiger partial charge in [-0.1, -0.05) is 19.1 Å². The van der Waals surface area contributed by atoms with E-state index in [1.807, 2.05) is 6.92 Å². The van der Waals surface area contributed by atoms with Crippen LogP contribution in [0, 0.1) is 0 Å². The number of nitrogens with two attached hydrogens (primary N) is 1. The molecule has 1 atom stereocenters. The van der Waals surface area contributed by atoms with Crippen molar-refractivity contribution in [2.24, 2.45) is 5.73 Å². The summed E-state index contributed by atoms with van der Waals surface area (Å²) in [5.41, 5.74) is 6.63. The van der Waals surface area contributed by atoms with Gasteiger partial charge in [-0.15, -0.1) is 0 Å². The molecule has 1 aromatic carbocycles. The largest absolute Gasteiger partial charge is 0.508 e. The van der Waals surface area contributed by atoms with Crippen LogP contribution >= 0.6 is 0 Å². The molecule has 3 N–H and O–H groups in total. The van der Waals surface area contributed by atoms with Gasteiger partial charge in [0.05, 0.1) is 6.61 Å². The van der Waals surface area contributed by atoms with Gasteiger partial charge in [0, 0.05) is 6.61 Å². The number of hydrogen-bond donors (Lipinski definition) is 2. The molecule has 1 rings (SSSR count). The Bertz CT molecular complexity index is 378. The lowest BCUT2D eigenvalue weighted by Gasteiger charge is -2.11. The van der Waals surface area contributed by atoms with E-state index in [2.05, 4.69) is 0 Å². The van der Waals surface area contributed by atoms with Gasteiger partial charge < -0.3 is 20.3 Å². The smallest absolute Gasteiger partial charge is 0.323 e. The van der Waals surface area contributed by atoms with Crippen molar-refractivity contribution in [2.75, 3.05) is 19.8 Å². The van der Waals surface area contributed by atoms with E-state index in [0.717, 1.165) is 12.0 Å². The van der Waals surface area contributed by atoms with E-state index in [-0.39, 0.29) is 12.4 Å². The van der Waals surface area contributed by atoms with Crippen molar-refractivity contribution in [3.05, 3.63) is 29.8 Å². The first kappa shape index (κ1) is 15.5. The van der Waals surface area contributed by atoms with Gasteiger partial charge in [-0.25, -0.2) is 0 Å². The number of benzene rings is 1. The van der Waals surface area contributed by atoms with Crippen molar-refractivity contribution >= 4 is 5.97 Å². The highest BCUT2D eigenvalue weighted by Crippen LogP contribution is 2.11. The molecule has 19 heavy (non-hydrogen) atoms. The lowest BCUT2D eigenvalue weighted by molar-refractivity contribution is -0.146. The van der Waals surface area contributed by atoms with Gasteiger partial charge in [0.1, 0.15) is 18.4 Å². The molecule has 0 fully saturated rings. The van der Waals surface area contributed by atoms with Crippen molar-refractivity contribution in [1.29, 1.82) is 0 Å². The summed E-state index contributed by atoms with van der Waals surface area (Å²) >= 11 is 0. The number of ether oxygens (including phenoxy) is 2. The maximum atomic E-state index is 11.6. The molecule has 1 aromatic rings. The third-order valence-electron chi connectivity index (χ3n) is 2.52. The van der Waals surface area contributed by atoms with Gasteiger partial charge in [0.15, 0.2) is 0 Å². The third-order valence-corrected chi connectivity index (χ3v) is 2.52. The van der Waals surface area contributed by atoms with Crippen LogP contribution in [-0.4, -0.2) is 36.9 Å². The third kappa shape index (κ3) is 6.22. The number of carbonyl (C=O) groups excluding carboxylic acids is 1. The Morgan fingerprint density at radius 3 is 2.58 bits per heavy atom. The molecule has 0 heterocycles. The fourth-order valence-corrected chi connectivity index (χ4v) is 1.52. The lowest BCUT2D eigenvalue weighted by Crippen LogP contribution is -2.35. The highest BCUT2D eigenvalue weighted by atomic mass is 16.6. The summed E-state index contributed by atoms with van der Waals surface area (Å²) < 4.78 is 10.2. The second kappa shape index (κ2) is 8.50. The van der Waals surface area contributed by atoms with Crippen LogP contribution in [0.1, 0.15) is 18.9 Å². The zero-order chi connectivity index (χ0) is 14.1. The minimum atomic E-state index is -0.698. The minimum absolute atomic E-state index is 0.188. The van der Waals surface area contributed by atoms with E-state index in [4.69, 9.17) is 20.3 Å². The van der Waals surface area contributed by atoms with Gasteiger partial charge in [-0.3, -0.25) is 4.79 Å². The second-order valence-corrected chi connectivity index (χ2v) is 4.26. The lowest BCUT2D eigenvalue weighted by atomic mass is 10.1. The number of hydrogen-bond acceptors (Lipinski definition) is 5. The minimum Gasteiger partial charge on any atom is -0.508 e. The predicted octanol–water partition coefficient (Wildman–Crippen LogP) is 1.23. The number of carbonyl (C=O) groups is 1. The van der Waals surface area contributed by atoms with E-state index < -0.39 is 12.0 Å². The average molecular weight is 267 g/mol. The molecule has 5 nitrogen and oxygen atoms in total. The van der Waals surface area contributed by atoms with Crippen molar-refractivity contribution in [1.82, 2.24) is 0 Å². The summed E-state index contributed by atoms with van der Waals surface area (Å²) in [4.78, 5) is 11.6. The van der Waals surface area contributed by atoms with Crippen molar-refractivity contribution in [2.45, 2.75) is 25.8 Å². The maximum absolute atomic E-state index is 11.6. The normalized spacial score (nSPS) is 12.1. The summed E-state index contributed by atoms with van der Waals surface area (Å²) in [6.45, 7) is 3.30. The van der Waals surface area contributed by atoms with E-state index >= 15 is 0 Å². The Kier molecular flexibility index (Phi) is 6.92. The van der Waals surface area contributed by atoms with Crippen LogP contribution in [0.4, 0.5) is 0 Å². The quantitative estimate of drug-likeness (QED) is 0.547. The zero-order valence-corrected chi connectivity index (χ0v) is 11.2. The highest BCUT2D eigenvalue weighted by Gasteiger charge is 2.15. The molecule has 0 saturated heterocycles. The highest BCUT2D eigenvalue weighted by molar-refractivity contribution is 5.75. The number of phenols is 1. The first-order valence-corrected chi connectivity index (χ1v) is 6.41. The fourth-order valence-electron chi connectivity index (χ4n) is 1.52. The Morgan fingerprint density at radius 2 is 1.95 bits per heavy atom. The summed E-state index contributed by atoms with van der Waals surface area (Å²) in [5.74, 6) is -0.249. The van der Waals surface area contributed by atoms with Crippen molar-refractivity contribution < 1.29 is 19.4 Å².